The van der Waals surface area contributed by atoms with Crippen LogP contribution < -0.4 is 0 Å². The summed E-state index contributed by atoms with van der Waals surface area (Å²) in [4.78, 5) is 0. The monoisotopic (exact) mass is 172 g/mol. The molecule has 0 aromatic carbocycles. The first kappa shape index (κ1) is 12.0. The Balaban J connectivity index is 0.000000354. The van der Waals surface area contributed by atoms with Crippen molar-refractivity contribution in [1.29, 1.82) is 0 Å². The lowest BCUT2D eigenvalue weighted by Gasteiger charge is -2.08. The molecule has 0 saturated heterocycles. The van der Waals surface area contributed by atoms with Crippen LogP contribution in [0.1, 0.15) is 46.0 Å². The maximum Gasteiger partial charge on any atom is 0.457 e. The molecule has 3 heteroatoms. The maximum absolute atomic E-state index is 9.14. The van der Waals surface area contributed by atoms with Crippen LogP contribution in [0.15, 0.2) is 0 Å². The molecule has 1 rings (SSSR count). The van der Waals surface area contributed by atoms with Gasteiger partial charge in [0.15, 0.2) is 0 Å². The molecule has 0 aliphatic heterocycles. The lowest BCUT2D eigenvalue weighted by atomic mass is 9.71. The lowest BCUT2D eigenvalue weighted by Crippen LogP contribution is -2.20. The summed E-state index contributed by atoms with van der Waals surface area (Å²) in [5, 5.41) is 9.14. The summed E-state index contributed by atoms with van der Waals surface area (Å²) in [5.74, 6) is 0.412. The van der Waals surface area contributed by atoms with Crippen LogP contribution in [-0.4, -0.2) is 19.3 Å². The Morgan fingerprint density at radius 2 is 1.75 bits per heavy atom. The van der Waals surface area contributed by atoms with Gasteiger partial charge in [0.2, 0.25) is 0 Å². The molecule has 0 unspecified atom stereocenters. The molecule has 1 aliphatic carbocycles. The highest BCUT2D eigenvalue weighted by molar-refractivity contribution is 6.44. The zero-order chi connectivity index (χ0) is 9.40. The van der Waals surface area contributed by atoms with Crippen LogP contribution in [0.5, 0.6) is 0 Å². The molecule has 0 bridgehead atoms. The Hall–Kier alpha value is -0.0151. The van der Waals surface area contributed by atoms with Gasteiger partial charge >= 0.3 is 7.12 Å². The van der Waals surface area contributed by atoms with E-state index in [4.69, 9.17) is 9.68 Å². The van der Waals surface area contributed by atoms with Gasteiger partial charge in [0.1, 0.15) is 0 Å². The molecule has 1 aliphatic rings. The summed E-state index contributed by atoms with van der Waals surface area (Å²) in [6.45, 7) is 4.25. The van der Waals surface area contributed by atoms with Gasteiger partial charge in [0, 0.05) is 7.11 Å². The van der Waals surface area contributed by atoms with Crippen LogP contribution in [-0.2, 0) is 4.65 Å². The van der Waals surface area contributed by atoms with E-state index in [1.165, 1.54) is 19.3 Å². The third-order valence-corrected chi connectivity index (χ3v) is 2.04. The Bertz CT molecular complexity index is 92.5. The first-order valence-electron chi connectivity index (χ1n) is 4.97. The Kier molecular flexibility index (Phi) is 7.62. The van der Waals surface area contributed by atoms with Crippen molar-refractivity contribution in [2.75, 3.05) is 7.11 Å². The molecule has 72 valence electrons. The highest BCUT2D eigenvalue weighted by Gasteiger charge is 2.28. The number of hydrogen-bond acceptors (Lipinski definition) is 2. The van der Waals surface area contributed by atoms with E-state index in [1.54, 1.807) is 7.11 Å². The van der Waals surface area contributed by atoms with Gasteiger partial charge in [-0.05, 0) is 5.82 Å². The van der Waals surface area contributed by atoms with Crippen molar-refractivity contribution in [3.8, 4) is 0 Å². The fourth-order valence-corrected chi connectivity index (χ4v) is 1.43. The Labute approximate surface area is 76.5 Å². The van der Waals surface area contributed by atoms with Gasteiger partial charge in [-0.1, -0.05) is 46.0 Å². The summed E-state index contributed by atoms with van der Waals surface area (Å²) in [7, 11) is 1.05. The van der Waals surface area contributed by atoms with E-state index in [0.717, 1.165) is 12.8 Å². The second-order valence-electron chi connectivity index (χ2n) is 3.38. The third-order valence-electron chi connectivity index (χ3n) is 2.04. The van der Waals surface area contributed by atoms with E-state index in [2.05, 4.69) is 13.8 Å². The largest absolute Gasteiger partial charge is 0.457 e. The fourth-order valence-electron chi connectivity index (χ4n) is 1.43. The number of hydrogen-bond donors (Lipinski definition) is 1. The van der Waals surface area contributed by atoms with Gasteiger partial charge < -0.3 is 9.68 Å². The minimum atomic E-state index is -0.507. The molecule has 1 fully saturated rings. The van der Waals surface area contributed by atoms with Crippen LogP contribution in [0.3, 0.4) is 0 Å². The Morgan fingerprint density at radius 1 is 1.33 bits per heavy atom. The van der Waals surface area contributed by atoms with Crippen LogP contribution in [0.2, 0.25) is 5.82 Å². The minimum Gasteiger partial charge on any atom is -0.427 e. The van der Waals surface area contributed by atoms with Crippen molar-refractivity contribution in [3.63, 3.8) is 0 Å². The van der Waals surface area contributed by atoms with Crippen LogP contribution in [0.25, 0.3) is 0 Å². The molecule has 2 nitrogen and oxygen atoms in total. The van der Waals surface area contributed by atoms with E-state index >= 15 is 0 Å². The van der Waals surface area contributed by atoms with Gasteiger partial charge in [-0.25, -0.2) is 0 Å². The summed E-state index contributed by atoms with van der Waals surface area (Å²) in [6, 6.07) is 0. The molecule has 0 aromatic rings. The van der Waals surface area contributed by atoms with Crippen molar-refractivity contribution >= 4 is 7.12 Å². The zero-order valence-corrected chi connectivity index (χ0v) is 8.55. The molecule has 12 heavy (non-hydrogen) atoms. The summed E-state index contributed by atoms with van der Waals surface area (Å²) in [5.41, 5.74) is 0. The smallest absolute Gasteiger partial charge is 0.427 e. The lowest BCUT2D eigenvalue weighted by molar-refractivity contribution is 0.311. The number of rotatable bonds is 2. The maximum atomic E-state index is 9.14. The first-order chi connectivity index (χ1) is 5.76. The molecule has 0 spiro atoms. The molecule has 1 saturated carbocycles. The van der Waals surface area contributed by atoms with Gasteiger partial charge in [-0.3, -0.25) is 0 Å². The quantitative estimate of drug-likeness (QED) is 0.648. The van der Waals surface area contributed by atoms with Crippen molar-refractivity contribution in [2.24, 2.45) is 0 Å². The molecule has 0 radical (unpaired) electrons. The first-order valence-corrected chi connectivity index (χ1v) is 4.97. The fraction of sp³-hybridized carbons (Fsp3) is 1.00. The van der Waals surface area contributed by atoms with Crippen molar-refractivity contribution < 1.29 is 9.68 Å². The molecule has 0 amide bonds. The summed E-state index contributed by atoms with van der Waals surface area (Å²) < 4.78 is 4.79. The standard InChI is InChI=1S/C6H13BO2.C3H8/c1-9-7(8)6-4-2-3-5-6;1-3-2/h6,8H,2-5H2,1H3;3H2,1-2H3. The normalized spacial score (nSPS) is 17.0. The van der Waals surface area contributed by atoms with Gasteiger partial charge in [-0.15, -0.1) is 0 Å². The van der Waals surface area contributed by atoms with Crippen molar-refractivity contribution in [3.05, 3.63) is 0 Å². The third kappa shape index (κ3) is 4.78. The predicted molar refractivity (Wildman–Crippen MR) is 53.2 cm³/mol. The predicted octanol–water partition coefficient (Wildman–Crippen LogP) is 2.47. The van der Waals surface area contributed by atoms with E-state index < -0.39 is 7.12 Å². The average molecular weight is 172 g/mol. The second-order valence-corrected chi connectivity index (χ2v) is 3.38. The highest BCUT2D eigenvalue weighted by atomic mass is 16.5. The molecule has 0 heterocycles. The van der Waals surface area contributed by atoms with Crippen molar-refractivity contribution in [1.82, 2.24) is 0 Å². The molecular formula is C9H21BO2. The van der Waals surface area contributed by atoms with E-state index in [0.29, 0.717) is 5.82 Å². The van der Waals surface area contributed by atoms with Crippen LogP contribution in [0.4, 0.5) is 0 Å². The van der Waals surface area contributed by atoms with E-state index in [-0.39, 0.29) is 0 Å². The minimum absolute atomic E-state index is 0.412. The average Bonchev–Trinajstić information content (AvgIpc) is 2.56. The van der Waals surface area contributed by atoms with Crippen molar-refractivity contribution in [2.45, 2.75) is 51.8 Å². The topological polar surface area (TPSA) is 29.5 Å². The highest BCUT2D eigenvalue weighted by Crippen LogP contribution is 2.31. The van der Waals surface area contributed by atoms with E-state index in [1.807, 2.05) is 0 Å². The summed E-state index contributed by atoms with van der Waals surface area (Å²) in [6.07, 6.45) is 6.03. The molecule has 1 N–H and O–H groups in total. The van der Waals surface area contributed by atoms with E-state index in [9.17, 15) is 0 Å². The van der Waals surface area contributed by atoms with Gasteiger partial charge in [0.05, 0.1) is 0 Å². The van der Waals surface area contributed by atoms with Crippen LogP contribution >= 0.6 is 0 Å². The SMILES string of the molecule is CCC.COB(O)C1CCCC1. The zero-order valence-electron chi connectivity index (χ0n) is 8.55. The van der Waals surface area contributed by atoms with Gasteiger partial charge in [-0.2, -0.15) is 0 Å². The van der Waals surface area contributed by atoms with Gasteiger partial charge in [0.25, 0.3) is 0 Å². The molecule has 0 aromatic heterocycles. The molecule has 0 atom stereocenters. The summed E-state index contributed by atoms with van der Waals surface area (Å²) >= 11 is 0. The molecular weight excluding hydrogens is 151 g/mol. The Morgan fingerprint density at radius 3 is 2.08 bits per heavy atom. The van der Waals surface area contributed by atoms with Crippen LogP contribution in [0, 0.1) is 0 Å². The second kappa shape index (κ2) is 7.62.